The van der Waals surface area contributed by atoms with Crippen LogP contribution in [0.15, 0.2) is 48.7 Å². The minimum atomic E-state index is -0.0691. The molecule has 5 heteroatoms. The van der Waals surface area contributed by atoms with Gasteiger partial charge in [0.1, 0.15) is 5.65 Å². The quantitative estimate of drug-likeness (QED) is 0.569. The van der Waals surface area contributed by atoms with Crippen LogP contribution < -0.4 is 10.6 Å². The number of imidazole rings is 1. The van der Waals surface area contributed by atoms with E-state index in [4.69, 9.17) is 4.98 Å². The molecule has 0 aliphatic carbocycles. The summed E-state index contributed by atoms with van der Waals surface area (Å²) >= 11 is 0. The van der Waals surface area contributed by atoms with Gasteiger partial charge in [-0.1, -0.05) is 29.8 Å². The molecule has 0 radical (unpaired) electrons. The highest BCUT2D eigenvalue weighted by atomic mass is 16.1. The number of pyridine rings is 1. The lowest BCUT2D eigenvalue weighted by atomic mass is 9.79. The molecule has 0 saturated carbocycles. The van der Waals surface area contributed by atoms with Crippen LogP contribution in [0.2, 0.25) is 0 Å². The third kappa shape index (κ3) is 4.94. The number of aromatic nitrogens is 2. The molecule has 4 rings (SSSR count). The molecule has 1 saturated heterocycles. The molecule has 0 atom stereocenters. The molecule has 1 amide bonds. The minimum absolute atomic E-state index is 0.0124. The summed E-state index contributed by atoms with van der Waals surface area (Å²) in [5.41, 5.74) is 6.04. The molecule has 0 bridgehead atoms. The Balaban J connectivity index is 1.62. The zero-order chi connectivity index (χ0) is 23.1. The van der Waals surface area contributed by atoms with E-state index in [1.54, 1.807) is 6.08 Å². The Labute approximate surface area is 191 Å². The number of aryl methyl sites for hydroxylation is 2. The molecular weight excluding hydrogens is 396 g/mol. The van der Waals surface area contributed by atoms with E-state index >= 15 is 0 Å². The SMILES string of the molecule is Cc1ccc(-c2nc3cc(C)ccn3c2/C=C/C(=O)NC2CC(C)(C)NC(C)(C)C2)cc1. The number of fused-ring (bicyclic) bond motifs is 1. The van der Waals surface area contributed by atoms with Gasteiger partial charge in [0, 0.05) is 35.0 Å². The summed E-state index contributed by atoms with van der Waals surface area (Å²) in [7, 11) is 0. The van der Waals surface area contributed by atoms with Crippen LogP contribution in [-0.4, -0.2) is 32.4 Å². The van der Waals surface area contributed by atoms with Crippen LogP contribution >= 0.6 is 0 Å². The summed E-state index contributed by atoms with van der Waals surface area (Å²) in [5.74, 6) is -0.0691. The molecule has 1 aliphatic heterocycles. The molecule has 32 heavy (non-hydrogen) atoms. The number of hydrogen-bond donors (Lipinski definition) is 2. The predicted octanol–water partition coefficient (Wildman–Crippen LogP) is 5.06. The van der Waals surface area contributed by atoms with Crippen LogP contribution in [0.5, 0.6) is 0 Å². The molecular formula is C27H34N4O. The van der Waals surface area contributed by atoms with Crippen molar-refractivity contribution in [3.63, 3.8) is 0 Å². The number of rotatable bonds is 4. The summed E-state index contributed by atoms with van der Waals surface area (Å²) in [6.07, 6.45) is 7.35. The third-order valence-electron chi connectivity index (χ3n) is 6.07. The van der Waals surface area contributed by atoms with Gasteiger partial charge in [0.25, 0.3) is 0 Å². The fourth-order valence-electron chi connectivity index (χ4n) is 5.08. The van der Waals surface area contributed by atoms with Gasteiger partial charge in [-0.2, -0.15) is 0 Å². The Bertz CT molecular complexity index is 1150. The first-order chi connectivity index (χ1) is 15.0. The van der Waals surface area contributed by atoms with Crippen LogP contribution in [0.3, 0.4) is 0 Å². The average molecular weight is 431 g/mol. The normalized spacial score (nSPS) is 18.3. The molecule has 0 unspecified atom stereocenters. The van der Waals surface area contributed by atoms with Crippen molar-refractivity contribution < 1.29 is 4.79 Å². The first-order valence-electron chi connectivity index (χ1n) is 11.4. The lowest BCUT2D eigenvalue weighted by Gasteiger charge is -2.46. The number of benzene rings is 1. The molecule has 3 heterocycles. The van der Waals surface area contributed by atoms with E-state index in [0.717, 1.165) is 41.0 Å². The van der Waals surface area contributed by atoms with Gasteiger partial charge >= 0.3 is 0 Å². The van der Waals surface area contributed by atoms with Gasteiger partial charge in [0.05, 0.1) is 11.4 Å². The fraction of sp³-hybridized carbons (Fsp3) is 0.407. The molecule has 2 aromatic heterocycles. The maximum absolute atomic E-state index is 12.9. The number of carbonyl (C=O) groups excluding carboxylic acids is 1. The predicted molar refractivity (Wildman–Crippen MR) is 132 cm³/mol. The van der Waals surface area contributed by atoms with Crippen LogP contribution in [0.25, 0.3) is 23.0 Å². The molecule has 0 spiro atoms. The largest absolute Gasteiger partial charge is 0.350 e. The van der Waals surface area contributed by atoms with Crippen molar-refractivity contribution in [3.8, 4) is 11.3 Å². The monoisotopic (exact) mass is 430 g/mol. The zero-order valence-electron chi connectivity index (χ0n) is 20.0. The van der Waals surface area contributed by atoms with E-state index in [1.165, 1.54) is 5.56 Å². The molecule has 5 nitrogen and oxygen atoms in total. The molecule has 168 valence electrons. The van der Waals surface area contributed by atoms with Gasteiger partial charge in [-0.05, 0) is 78.2 Å². The summed E-state index contributed by atoms with van der Waals surface area (Å²) in [6.45, 7) is 12.9. The highest BCUT2D eigenvalue weighted by molar-refractivity contribution is 5.93. The van der Waals surface area contributed by atoms with Crippen LogP contribution in [0.1, 0.15) is 57.4 Å². The summed E-state index contributed by atoms with van der Waals surface area (Å²) < 4.78 is 2.04. The Hall–Kier alpha value is -2.92. The van der Waals surface area contributed by atoms with Gasteiger partial charge in [-0.15, -0.1) is 0 Å². The summed E-state index contributed by atoms with van der Waals surface area (Å²) in [6, 6.07) is 12.6. The van der Waals surface area contributed by atoms with E-state index in [0.29, 0.717) is 0 Å². The van der Waals surface area contributed by atoms with Crippen molar-refractivity contribution in [2.45, 2.75) is 71.5 Å². The molecule has 1 aliphatic rings. The Morgan fingerprint density at radius 1 is 1.06 bits per heavy atom. The first-order valence-corrected chi connectivity index (χ1v) is 11.4. The van der Waals surface area contributed by atoms with Crippen molar-refractivity contribution in [1.29, 1.82) is 0 Å². The lowest BCUT2D eigenvalue weighted by molar-refractivity contribution is -0.117. The number of nitrogens with zero attached hydrogens (tertiary/aromatic N) is 2. The van der Waals surface area contributed by atoms with Crippen molar-refractivity contribution in [2.75, 3.05) is 0 Å². The van der Waals surface area contributed by atoms with E-state index in [1.807, 2.05) is 16.7 Å². The van der Waals surface area contributed by atoms with Gasteiger partial charge in [-0.3, -0.25) is 9.20 Å². The van der Waals surface area contributed by atoms with Crippen LogP contribution in [-0.2, 0) is 4.79 Å². The number of piperidine rings is 1. The van der Waals surface area contributed by atoms with E-state index < -0.39 is 0 Å². The van der Waals surface area contributed by atoms with Gasteiger partial charge in [-0.25, -0.2) is 4.98 Å². The van der Waals surface area contributed by atoms with E-state index in [2.05, 4.69) is 88.6 Å². The van der Waals surface area contributed by atoms with Crippen LogP contribution in [0.4, 0.5) is 0 Å². The molecule has 2 N–H and O–H groups in total. The Morgan fingerprint density at radius 3 is 2.38 bits per heavy atom. The fourth-order valence-corrected chi connectivity index (χ4v) is 5.08. The highest BCUT2D eigenvalue weighted by Crippen LogP contribution is 2.29. The minimum Gasteiger partial charge on any atom is -0.350 e. The Kier molecular flexibility index (Phi) is 5.72. The topological polar surface area (TPSA) is 58.4 Å². The van der Waals surface area contributed by atoms with Crippen molar-refractivity contribution in [3.05, 3.63) is 65.5 Å². The van der Waals surface area contributed by atoms with Crippen molar-refractivity contribution >= 4 is 17.6 Å². The van der Waals surface area contributed by atoms with Crippen LogP contribution in [0, 0.1) is 13.8 Å². The maximum Gasteiger partial charge on any atom is 0.244 e. The summed E-state index contributed by atoms with van der Waals surface area (Å²) in [5, 5.41) is 6.88. The van der Waals surface area contributed by atoms with Gasteiger partial charge in [0.15, 0.2) is 0 Å². The maximum atomic E-state index is 12.9. The molecule has 1 fully saturated rings. The van der Waals surface area contributed by atoms with Gasteiger partial charge in [0.2, 0.25) is 5.91 Å². The first kappa shape index (κ1) is 22.3. The molecule has 3 aromatic rings. The summed E-state index contributed by atoms with van der Waals surface area (Å²) in [4.78, 5) is 17.7. The van der Waals surface area contributed by atoms with E-state index in [9.17, 15) is 4.79 Å². The number of hydrogen-bond acceptors (Lipinski definition) is 3. The van der Waals surface area contributed by atoms with E-state index in [-0.39, 0.29) is 23.0 Å². The van der Waals surface area contributed by atoms with Crippen molar-refractivity contribution in [2.24, 2.45) is 0 Å². The second kappa shape index (κ2) is 8.21. The van der Waals surface area contributed by atoms with Gasteiger partial charge < -0.3 is 10.6 Å². The zero-order valence-corrected chi connectivity index (χ0v) is 20.0. The highest BCUT2D eigenvalue weighted by Gasteiger charge is 2.37. The molecule has 1 aromatic carbocycles. The smallest absolute Gasteiger partial charge is 0.244 e. The second-order valence-electron chi connectivity index (χ2n) is 10.5. The number of carbonyl (C=O) groups is 1. The number of amides is 1. The Morgan fingerprint density at radius 2 is 1.72 bits per heavy atom. The standard InChI is InChI=1S/C27H34N4O/c1-18-7-9-20(10-8-18)25-22(31-14-13-19(2)15-23(31)29-25)11-12-24(32)28-21-16-26(3,4)30-27(5,6)17-21/h7-15,21,30H,16-17H2,1-6H3,(H,28,32)/b12-11+. The van der Waals surface area contributed by atoms with Crippen molar-refractivity contribution in [1.82, 2.24) is 20.0 Å². The average Bonchev–Trinajstić information content (AvgIpc) is 3.01. The lowest BCUT2D eigenvalue weighted by Crippen LogP contribution is -2.62. The number of nitrogens with one attached hydrogen (secondary N) is 2. The second-order valence-corrected chi connectivity index (χ2v) is 10.5. The third-order valence-corrected chi connectivity index (χ3v) is 6.07.